The molecule has 0 spiro atoms. The van der Waals surface area contributed by atoms with Gasteiger partial charge in [-0.25, -0.2) is 4.79 Å². The number of hydrogen-bond donors (Lipinski definition) is 1. The molecule has 2 N–H and O–H groups in total. The molecule has 0 bridgehead atoms. The number of carbonyl (C=O) groups is 2. The van der Waals surface area contributed by atoms with E-state index in [9.17, 15) is 9.59 Å². The minimum absolute atomic E-state index is 0.280. The van der Waals surface area contributed by atoms with Gasteiger partial charge < -0.3 is 10.5 Å². The minimum atomic E-state index is -0.805. The molecule has 0 saturated carbocycles. The van der Waals surface area contributed by atoms with E-state index in [0.717, 1.165) is 31.2 Å². The molecule has 1 atom stereocenters. The van der Waals surface area contributed by atoms with Crippen molar-refractivity contribution in [3.63, 3.8) is 0 Å². The van der Waals surface area contributed by atoms with Crippen LogP contribution in [0, 0.1) is 0 Å². The van der Waals surface area contributed by atoms with E-state index in [2.05, 4.69) is 19.1 Å². The number of benzene rings is 1. The van der Waals surface area contributed by atoms with E-state index in [-0.39, 0.29) is 6.42 Å². The van der Waals surface area contributed by atoms with Crippen molar-refractivity contribution in [2.24, 2.45) is 5.73 Å². The Morgan fingerprint density at radius 1 is 0.839 bits per heavy atom. The van der Waals surface area contributed by atoms with Gasteiger partial charge in [0.15, 0.2) is 0 Å². The molecule has 4 heteroatoms. The Morgan fingerprint density at radius 2 is 1.39 bits per heavy atom. The van der Waals surface area contributed by atoms with Crippen LogP contribution in [-0.2, 0) is 20.7 Å². The van der Waals surface area contributed by atoms with E-state index in [1.54, 1.807) is 0 Å². The molecular weight excluding hydrogens is 386 g/mol. The molecule has 4 nitrogen and oxygen atoms in total. The average molecular weight is 430 g/mol. The van der Waals surface area contributed by atoms with Crippen LogP contribution >= 0.6 is 0 Å². The van der Waals surface area contributed by atoms with Crippen molar-refractivity contribution in [2.45, 2.75) is 109 Å². The summed E-state index contributed by atoms with van der Waals surface area (Å²) < 4.78 is 4.89. The predicted octanol–water partition coefficient (Wildman–Crippen LogP) is 6.66. The van der Waals surface area contributed by atoms with Crippen molar-refractivity contribution in [1.29, 1.82) is 0 Å². The third kappa shape index (κ3) is 15.5. The highest BCUT2D eigenvalue weighted by Crippen LogP contribution is 2.10. The van der Waals surface area contributed by atoms with Gasteiger partial charge in [-0.15, -0.1) is 0 Å². The van der Waals surface area contributed by atoms with E-state index in [1.165, 1.54) is 57.8 Å². The van der Waals surface area contributed by atoms with Crippen LogP contribution in [0.5, 0.6) is 0 Å². The van der Waals surface area contributed by atoms with Crippen molar-refractivity contribution in [3.8, 4) is 0 Å². The van der Waals surface area contributed by atoms with E-state index in [1.807, 2.05) is 30.3 Å². The topological polar surface area (TPSA) is 69.4 Å². The van der Waals surface area contributed by atoms with Gasteiger partial charge in [-0.3, -0.25) is 4.79 Å². The molecule has 0 aliphatic carbocycles. The lowest BCUT2D eigenvalue weighted by molar-refractivity contribution is -0.160. The van der Waals surface area contributed by atoms with Gasteiger partial charge >= 0.3 is 11.9 Å². The number of esters is 2. The number of hydrogen-bond acceptors (Lipinski definition) is 4. The number of ether oxygens (including phenoxy) is 1. The SMILES string of the molecule is CCCCCCCCC=CCCCCCCCC(=O)OC(=O)[C@@H](N)Cc1ccccc1. The summed E-state index contributed by atoms with van der Waals surface area (Å²) in [6, 6.07) is 8.70. The maximum Gasteiger partial charge on any atom is 0.330 e. The molecule has 0 amide bonds. The van der Waals surface area contributed by atoms with E-state index in [0.29, 0.717) is 6.42 Å². The molecule has 174 valence electrons. The van der Waals surface area contributed by atoms with Crippen LogP contribution in [0.1, 0.15) is 102 Å². The Labute approximate surface area is 189 Å². The van der Waals surface area contributed by atoms with Gasteiger partial charge in [0.05, 0.1) is 0 Å². The number of nitrogens with two attached hydrogens (primary N) is 1. The van der Waals surface area contributed by atoms with Gasteiger partial charge in [0.2, 0.25) is 0 Å². The second kappa shape index (κ2) is 18.8. The highest BCUT2D eigenvalue weighted by atomic mass is 16.6. The van der Waals surface area contributed by atoms with Crippen LogP contribution < -0.4 is 5.73 Å². The molecule has 0 unspecified atom stereocenters. The van der Waals surface area contributed by atoms with E-state index < -0.39 is 18.0 Å². The van der Waals surface area contributed by atoms with Crippen LogP contribution in [0.2, 0.25) is 0 Å². The normalized spacial score (nSPS) is 12.2. The van der Waals surface area contributed by atoms with Crippen molar-refractivity contribution < 1.29 is 14.3 Å². The molecular formula is C27H43NO3. The summed E-state index contributed by atoms with van der Waals surface area (Å²) in [5.74, 6) is -1.10. The monoisotopic (exact) mass is 429 g/mol. The molecule has 0 aliphatic heterocycles. The fraction of sp³-hybridized carbons (Fsp3) is 0.630. The summed E-state index contributed by atoms with van der Waals surface area (Å²) in [6.07, 6.45) is 21.0. The first-order chi connectivity index (χ1) is 15.1. The largest absolute Gasteiger partial charge is 0.392 e. The zero-order chi connectivity index (χ0) is 22.6. The molecule has 0 aromatic heterocycles. The highest BCUT2D eigenvalue weighted by molar-refractivity contribution is 5.88. The molecule has 0 radical (unpaired) electrons. The van der Waals surface area contributed by atoms with Crippen molar-refractivity contribution >= 4 is 11.9 Å². The molecule has 1 aromatic carbocycles. The fourth-order valence-corrected chi connectivity index (χ4v) is 3.53. The molecule has 31 heavy (non-hydrogen) atoms. The number of carbonyl (C=O) groups excluding carboxylic acids is 2. The Hall–Kier alpha value is -1.94. The lowest BCUT2D eigenvalue weighted by atomic mass is 10.1. The minimum Gasteiger partial charge on any atom is -0.392 e. The van der Waals surface area contributed by atoms with Crippen LogP contribution in [-0.4, -0.2) is 18.0 Å². The quantitative estimate of drug-likeness (QED) is 0.122. The van der Waals surface area contributed by atoms with Crippen LogP contribution in [0.4, 0.5) is 0 Å². The summed E-state index contributed by atoms with van der Waals surface area (Å²) in [4.78, 5) is 23.8. The maximum atomic E-state index is 11.9. The first kappa shape index (κ1) is 27.1. The summed E-state index contributed by atoms with van der Waals surface area (Å²) >= 11 is 0. The highest BCUT2D eigenvalue weighted by Gasteiger charge is 2.18. The van der Waals surface area contributed by atoms with Gasteiger partial charge in [-0.1, -0.05) is 101 Å². The molecule has 0 aliphatic rings. The predicted molar refractivity (Wildman–Crippen MR) is 129 cm³/mol. The van der Waals surface area contributed by atoms with Crippen LogP contribution in [0.3, 0.4) is 0 Å². The first-order valence-corrected chi connectivity index (χ1v) is 12.3. The second-order valence-electron chi connectivity index (χ2n) is 8.42. The molecule has 0 saturated heterocycles. The van der Waals surface area contributed by atoms with Gasteiger partial charge in [0, 0.05) is 6.42 Å². The number of unbranched alkanes of at least 4 members (excludes halogenated alkanes) is 11. The fourth-order valence-electron chi connectivity index (χ4n) is 3.53. The zero-order valence-electron chi connectivity index (χ0n) is 19.5. The number of rotatable bonds is 18. The summed E-state index contributed by atoms with van der Waals surface area (Å²) in [5, 5.41) is 0. The third-order valence-corrected chi connectivity index (χ3v) is 5.46. The van der Waals surface area contributed by atoms with Gasteiger partial charge in [-0.05, 0) is 44.1 Å². The zero-order valence-corrected chi connectivity index (χ0v) is 19.5. The smallest absolute Gasteiger partial charge is 0.330 e. The van der Waals surface area contributed by atoms with Crippen molar-refractivity contribution in [2.75, 3.05) is 0 Å². The van der Waals surface area contributed by atoms with Crippen molar-refractivity contribution in [3.05, 3.63) is 48.0 Å². The van der Waals surface area contributed by atoms with Crippen molar-refractivity contribution in [1.82, 2.24) is 0 Å². The van der Waals surface area contributed by atoms with Crippen LogP contribution in [0.25, 0.3) is 0 Å². The Morgan fingerprint density at radius 3 is 2.00 bits per heavy atom. The summed E-state index contributed by atoms with van der Waals surface area (Å²) in [7, 11) is 0. The summed E-state index contributed by atoms with van der Waals surface area (Å²) in [6.45, 7) is 2.25. The van der Waals surface area contributed by atoms with Crippen LogP contribution in [0.15, 0.2) is 42.5 Å². The molecule has 1 rings (SSSR count). The Kier molecular flexibility index (Phi) is 16.4. The second-order valence-corrected chi connectivity index (χ2v) is 8.42. The van der Waals surface area contributed by atoms with E-state index >= 15 is 0 Å². The lowest BCUT2D eigenvalue weighted by Crippen LogP contribution is -2.35. The Bertz CT molecular complexity index is 612. The standard InChI is InChI=1S/C27H43NO3/c1-2-3-4-5-6-7-8-9-10-11-12-13-14-15-19-22-26(29)31-27(30)25(28)23-24-20-17-16-18-21-24/h9-10,16-18,20-21,25H,2-8,11-15,19,22-23,28H2,1H3/t25-/m0/s1. The Balaban J connectivity index is 1.94. The van der Waals surface area contributed by atoms with E-state index in [4.69, 9.17) is 10.5 Å². The molecule has 0 heterocycles. The third-order valence-electron chi connectivity index (χ3n) is 5.46. The summed E-state index contributed by atoms with van der Waals surface area (Å²) in [5.41, 5.74) is 6.81. The lowest BCUT2D eigenvalue weighted by Gasteiger charge is -2.10. The first-order valence-electron chi connectivity index (χ1n) is 12.3. The molecule has 1 aromatic rings. The van der Waals surface area contributed by atoms with Gasteiger partial charge in [0.25, 0.3) is 0 Å². The van der Waals surface area contributed by atoms with Gasteiger partial charge in [0.1, 0.15) is 6.04 Å². The van der Waals surface area contributed by atoms with Gasteiger partial charge in [-0.2, -0.15) is 0 Å². The maximum absolute atomic E-state index is 11.9. The number of allylic oxidation sites excluding steroid dienone is 2. The molecule has 0 fully saturated rings. The average Bonchev–Trinajstić information content (AvgIpc) is 2.77.